The van der Waals surface area contributed by atoms with Crippen LogP contribution in [0.1, 0.15) is 39.0 Å². The molecule has 0 aromatic heterocycles. The smallest absolute Gasteiger partial charge is 0.00890 e. The molecule has 0 bridgehead atoms. The molecule has 0 aliphatic heterocycles. The fourth-order valence-corrected chi connectivity index (χ4v) is 1.06. The minimum absolute atomic E-state index is 0.868. The van der Waals surface area contributed by atoms with Gasteiger partial charge in [-0.1, -0.05) is 0 Å². The van der Waals surface area contributed by atoms with Gasteiger partial charge in [-0.25, -0.2) is 0 Å². The van der Waals surface area contributed by atoms with Crippen LogP contribution in [0.5, 0.6) is 0 Å². The van der Waals surface area contributed by atoms with Gasteiger partial charge in [-0.3, -0.25) is 0 Å². The second-order valence-corrected chi connectivity index (χ2v) is 3.11. The van der Waals surface area contributed by atoms with Crippen molar-refractivity contribution in [1.82, 2.24) is 5.32 Å². The molecule has 1 saturated carbocycles. The van der Waals surface area contributed by atoms with Crippen molar-refractivity contribution < 1.29 is 0 Å². The largest absolute Gasteiger partial charge is 0.314 e. The summed E-state index contributed by atoms with van der Waals surface area (Å²) in [6, 6.07) is 0.868. The van der Waals surface area contributed by atoms with Crippen LogP contribution in [-0.2, 0) is 0 Å². The molecule has 0 heterocycles. The number of rotatable bonds is 5. The molecule has 1 N–H and O–H groups in total. The summed E-state index contributed by atoms with van der Waals surface area (Å²) in [5.41, 5.74) is 0. The van der Waals surface area contributed by atoms with Crippen LogP contribution in [0.4, 0.5) is 0 Å². The van der Waals surface area contributed by atoms with E-state index in [4.69, 9.17) is 0 Å². The molecule has 1 aliphatic carbocycles. The van der Waals surface area contributed by atoms with E-state index in [1.807, 2.05) is 6.92 Å². The molecular formula is C10H17N. The van der Waals surface area contributed by atoms with Crippen LogP contribution >= 0.6 is 0 Å². The third-order valence-corrected chi connectivity index (χ3v) is 1.92. The first kappa shape index (κ1) is 8.62. The van der Waals surface area contributed by atoms with Gasteiger partial charge >= 0.3 is 0 Å². The lowest BCUT2D eigenvalue weighted by Crippen LogP contribution is -2.17. The molecule has 0 atom stereocenters. The van der Waals surface area contributed by atoms with Crippen LogP contribution in [0, 0.1) is 11.8 Å². The van der Waals surface area contributed by atoms with E-state index in [0.29, 0.717) is 0 Å². The molecule has 0 aromatic carbocycles. The maximum absolute atomic E-state index is 3.49. The second kappa shape index (κ2) is 5.21. The number of unbranched alkanes of at least 4 members (excludes halogenated alkanes) is 2. The van der Waals surface area contributed by atoms with Crippen molar-refractivity contribution in [2.45, 2.75) is 45.1 Å². The van der Waals surface area contributed by atoms with Gasteiger partial charge in [0.05, 0.1) is 0 Å². The van der Waals surface area contributed by atoms with Crippen molar-refractivity contribution in [3.05, 3.63) is 0 Å². The molecule has 1 nitrogen and oxygen atoms in total. The van der Waals surface area contributed by atoms with E-state index in [9.17, 15) is 0 Å². The molecular weight excluding hydrogens is 134 g/mol. The highest BCUT2D eigenvalue weighted by Crippen LogP contribution is 2.18. The number of hydrogen-bond donors (Lipinski definition) is 1. The average molecular weight is 151 g/mol. The Balaban J connectivity index is 1.75. The van der Waals surface area contributed by atoms with Crippen LogP contribution in [0.15, 0.2) is 0 Å². The molecule has 11 heavy (non-hydrogen) atoms. The topological polar surface area (TPSA) is 12.0 Å². The van der Waals surface area contributed by atoms with E-state index < -0.39 is 0 Å². The lowest BCUT2D eigenvalue weighted by atomic mass is 10.2. The molecule has 1 fully saturated rings. The molecule has 1 rings (SSSR count). The fraction of sp³-hybridized carbons (Fsp3) is 0.800. The lowest BCUT2D eigenvalue weighted by molar-refractivity contribution is 0.626. The summed E-state index contributed by atoms with van der Waals surface area (Å²) >= 11 is 0. The molecule has 1 aliphatic rings. The highest BCUT2D eigenvalue weighted by Gasteiger charge is 2.19. The van der Waals surface area contributed by atoms with E-state index >= 15 is 0 Å². The molecule has 0 amide bonds. The second-order valence-electron chi connectivity index (χ2n) is 3.11. The van der Waals surface area contributed by atoms with E-state index in [2.05, 4.69) is 17.2 Å². The summed E-state index contributed by atoms with van der Waals surface area (Å²) in [7, 11) is 0. The Kier molecular flexibility index (Phi) is 4.08. The van der Waals surface area contributed by atoms with Crippen molar-refractivity contribution in [3.63, 3.8) is 0 Å². The van der Waals surface area contributed by atoms with E-state index in [1.54, 1.807) is 0 Å². The van der Waals surface area contributed by atoms with Crippen molar-refractivity contribution in [2.24, 2.45) is 0 Å². The van der Waals surface area contributed by atoms with Gasteiger partial charge in [0.15, 0.2) is 0 Å². The Hall–Kier alpha value is -0.480. The first-order valence-corrected chi connectivity index (χ1v) is 4.56. The van der Waals surface area contributed by atoms with Crippen molar-refractivity contribution in [2.75, 3.05) is 6.54 Å². The predicted octanol–water partition coefficient (Wildman–Crippen LogP) is 1.93. The van der Waals surface area contributed by atoms with Crippen molar-refractivity contribution in [1.29, 1.82) is 0 Å². The third kappa shape index (κ3) is 4.86. The monoisotopic (exact) mass is 151 g/mol. The minimum atomic E-state index is 0.868. The maximum atomic E-state index is 3.49. The number of nitrogens with one attached hydrogen (secondary N) is 1. The minimum Gasteiger partial charge on any atom is -0.314 e. The highest BCUT2D eigenvalue weighted by atomic mass is 14.9. The van der Waals surface area contributed by atoms with Crippen LogP contribution in [0.25, 0.3) is 0 Å². The summed E-state index contributed by atoms with van der Waals surface area (Å²) in [4.78, 5) is 0. The zero-order chi connectivity index (χ0) is 7.94. The van der Waals surface area contributed by atoms with Gasteiger partial charge < -0.3 is 5.32 Å². The molecule has 0 spiro atoms. The first-order valence-electron chi connectivity index (χ1n) is 4.56. The van der Waals surface area contributed by atoms with Crippen LogP contribution < -0.4 is 5.32 Å². The molecule has 0 saturated heterocycles. The Bertz CT molecular complexity index is 148. The Labute approximate surface area is 69.6 Å². The summed E-state index contributed by atoms with van der Waals surface area (Å²) in [5, 5.41) is 3.49. The Morgan fingerprint density at radius 3 is 2.82 bits per heavy atom. The van der Waals surface area contributed by atoms with Gasteiger partial charge in [-0.2, -0.15) is 0 Å². The Morgan fingerprint density at radius 2 is 2.18 bits per heavy atom. The van der Waals surface area contributed by atoms with Crippen molar-refractivity contribution in [3.8, 4) is 11.8 Å². The predicted molar refractivity (Wildman–Crippen MR) is 48.3 cm³/mol. The molecule has 0 unspecified atom stereocenters. The summed E-state index contributed by atoms with van der Waals surface area (Å²) in [6.07, 6.45) is 6.40. The third-order valence-electron chi connectivity index (χ3n) is 1.92. The van der Waals surface area contributed by atoms with Crippen LogP contribution in [-0.4, -0.2) is 12.6 Å². The normalized spacial score (nSPS) is 15.7. The quantitative estimate of drug-likeness (QED) is 0.467. The van der Waals surface area contributed by atoms with Gasteiger partial charge in [-0.15, -0.1) is 11.8 Å². The van der Waals surface area contributed by atoms with E-state index in [1.165, 1.54) is 32.2 Å². The maximum Gasteiger partial charge on any atom is 0.00890 e. The summed E-state index contributed by atoms with van der Waals surface area (Å²) < 4.78 is 0. The van der Waals surface area contributed by atoms with Crippen LogP contribution in [0.3, 0.4) is 0 Å². The summed E-state index contributed by atoms with van der Waals surface area (Å²) in [6.45, 7) is 3.10. The SMILES string of the molecule is CC#CCCCCNC1CC1. The number of hydrogen-bond acceptors (Lipinski definition) is 1. The zero-order valence-electron chi connectivity index (χ0n) is 7.32. The first-order chi connectivity index (χ1) is 5.43. The highest BCUT2D eigenvalue weighted by molar-refractivity contribution is 4.94. The zero-order valence-corrected chi connectivity index (χ0v) is 7.32. The fourth-order valence-electron chi connectivity index (χ4n) is 1.06. The lowest BCUT2D eigenvalue weighted by Gasteiger charge is -1.99. The van der Waals surface area contributed by atoms with Gasteiger partial charge in [0.2, 0.25) is 0 Å². The van der Waals surface area contributed by atoms with E-state index in [0.717, 1.165) is 12.5 Å². The van der Waals surface area contributed by atoms with E-state index in [-0.39, 0.29) is 0 Å². The van der Waals surface area contributed by atoms with Gasteiger partial charge in [0.1, 0.15) is 0 Å². The average Bonchev–Trinajstić information content (AvgIpc) is 2.80. The van der Waals surface area contributed by atoms with Gasteiger partial charge in [-0.05, 0) is 39.2 Å². The molecule has 62 valence electrons. The van der Waals surface area contributed by atoms with Crippen molar-refractivity contribution >= 4 is 0 Å². The standard InChI is InChI=1S/C10H17N/c1-2-3-4-5-6-9-11-10-7-8-10/h10-11H,4-9H2,1H3. The molecule has 0 radical (unpaired) electrons. The van der Waals surface area contributed by atoms with Gasteiger partial charge in [0.25, 0.3) is 0 Å². The van der Waals surface area contributed by atoms with Crippen LogP contribution in [0.2, 0.25) is 0 Å². The molecule has 0 aromatic rings. The Morgan fingerprint density at radius 1 is 1.36 bits per heavy atom. The summed E-state index contributed by atoms with van der Waals surface area (Å²) in [5.74, 6) is 5.98. The van der Waals surface area contributed by atoms with Gasteiger partial charge in [0, 0.05) is 12.5 Å². The molecule has 1 heteroatoms.